The lowest BCUT2D eigenvalue weighted by molar-refractivity contribution is -0.146. The fourth-order valence-electron chi connectivity index (χ4n) is 3.80. The first kappa shape index (κ1) is 16.7. The number of aryl methyl sites for hydroxylation is 1. The zero-order chi connectivity index (χ0) is 17.2. The zero-order valence-electron chi connectivity index (χ0n) is 13.5. The van der Waals surface area contributed by atoms with E-state index in [1.165, 1.54) is 10.6 Å². The normalized spacial score (nSPS) is 22.7. The minimum Gasteiger partial charge on any atom is -0.481 e. The van der Waals surface area contributed by atoms with Gasteiger partial charge in [0.25, 0.3) is 5.56 Å². The number of rotatable bonds is 4. The summed E-state index contributed by atoms with van der Waals surface area (Å²) in [6, 6.07) is 4.87. The molecule has 1 atom stereocenters. The Morgan fingerprint density at radius 3 is 2.71 bits per heavy atom. The fourth-order valence-corrected chi connectivity index (χ4v) is 3.80. The number of nitrogens with zero attached hydrogens (tertiary/aromatic N) is 2. The second-order valence-electron chi connectivity index (χ2n) is 6.62. The number of ether oxygens (including phenoxy) is 1. The minimum absolute atomic E-state index is 0.0969. The van der Waals surface area contributed by atoms with Gasteiger partial charge in [0, 0.05) is 56.9 Å². The van der Waals surface area contributed by atoms with Gasteiger partial charge in [-0.25, -0.2) is 0 Å². The van der Waals surface area contributed by atoms with E-state index in [2.05, 4.69) is 0 Å². The second kappa shape index (κ2) is 6.76. The van der Waals surface area contributed by atoms with Gasteiger partial charge in [0.15, 0.2) is 0 Å². The summed E-state index contributed by atoms with van der Waals surface area (Å²) in [7, 11) is 0. The molecule has 1 N–H and O–H groups in total. The van der Waals surface area contributed by atoms with Gasteiger partial charge in [0.1, 0.15) is 0 Å². The van der Waals surface area contributed by atoms with Crippen LogP contribution in [0.25, 0.3) is 0 Å². The fraction of sp³-hybridized carbons (Fsp3) is 0.588. The van der Waals surface area contributed by atoms with Crippen molar-refractivity contribution in [3.05, 3.63) is 34.7 Å². The first-order valence-electron chi connectivity index (χ1n) is 8.26. The number of aliphatic carboxylic acids is 1. The number of aromatic nitrogens is 1. The molecule has 1 aromatic rings. The number of carboxylic acids is 1. The molecule has 0 radical (unpaired) electrons. The highest BCUT2D eigenvalue weighted by Crippen LogP contribution is 2.44. The third-order valence-corrected chi connectivity index (χ3v) is 5.25. The Balaban J connectivity index is 1.66. The zero-order valence-corrected chi connectivity index (χ0v) is 13.5. The van der Waals surface area contributed by atoms with Crippen molar-refractivity contribution in [2.24, 2.45) is 11.3 Å². The van der Waals surface area contributed by atoms with Crippen molar-refractivity contribution in [2.75, 3.05) is 26.3 Å². The lowest BCUT2D eigenvalue weighted by Crippen LogP contribution is -2.40. The molecule has 3 heterocycles. The SMILES string of the molecule is O=C(O)C1CN(C(=O)CCn2ccccc2=O)CC12CCOCC2. The monoisotopic (exact) mass is 334 g/mol. The molecule has 1 spiro atoms. The van der Waals surface area contributed by atoms with Crippen molar-refractivity contribution in [1.82, 2.24) is 9.47 Å². The quantitative estimate of drug-likeness (QED) is 0.870. The lowest BCUT2D eigenvalue weighted by atomic mass is 9.72. The molecule has 2 saturated heterocycles. The molecule has 0 bridgehead atoms. The molecule has 1 unspecified atom stereocenters. The number of hydrogen-bond donors (Lipinski definition) is 1. The highest BCUT2D eigenvalue weighted by Gasteiger charge is 2.51. The van der Waals surface area contributed by atoms with Crippen LogP contribution in [0.1, 0.15) is 19.3 Å². The summed E-state index contributed by atoms with van der Waals surface area (Å²) in [6.07, 6.45) is 3.19. The Morgan fingerprint density at radius 2 is 2.04 bits per heavy atom. The van der Waals surface area contributed by atoms with Gasteiger partial charge < -0.3 is 19.3 Å². The number of pyridine rings is 1. The van der Waals surface area contributed by atoms with Gasteiger partial charge >= 0.3 is 5.97 Å². The van der Waals surface area contributed by atoms with E-state index in [4.69, 9.17) is 4.74 Å². The Hall–Kier alpha value is -2.15. The van der Waals surface area contributed by atoms with Gasteiger partial charge in [0.2, 0.25) is 5.91 Å². The Labute approximate surface area is 139 Å². The second-order valence-corrected chi connectivity index (χ2v) is 6.62. The van der Waals surface area contributed by atoms with Gasteiger partial charge in [-0.3, -0.25) is 14.4 Å². The van der Waals surface area contributed by atoms with E-state index in [0.717, 1.165) is 0 Å². The van der Waals surface area contributed by atoms with E-state index >= 15 is 0 Å². The summed E-state index contributed by atoms with van der Waals surface area (Å²) in [5.74, 6) is -1.48. The first-order chi connectivity index (χ1) is 11.5. The first-order valence-corrected chi connectivity index (χ1v) is 8.26. The summed E-state index contributed by atoms with van der Waals surface area (Å²) >= 11 is 0. The summed E-state index contributed by atoms with van der Waals surface area (Å²) in [6.45, 7) is 2.12. The van der Waals surface area contributed by atoms with Crippen LogP contribution in [0, 0.1) is 11.3 Å². The maximum absolute atomic E-state index is 12.5. The molecule has 2 aliphatic heterocycles. The van der Waals surface area contributed by atoms with Crippen LogP contribution in [0.5, 0.6) is 0 Å². The van der Waals surface area contributed by atoms with Crippen molar-refractivity contribution in [3.63, 3.8) is 0 Å². The third kappa shape index (κ3) is 3.21. The van der Waals surface area contributed by atoms with Crippen molar-refractivity contribution >= 4 is 11.9 Å². The van der Waals surface area contributed by atoms with Crippen LogP contribution in [-0.2, 0) is 20.9 Å². The summed E-state index contributed by atoms with van der Waals surface area (Å²) in [4.78, 5) is 37.5. The van der Waals surface area contributed by atoms with Crippen molar-refractivity contribution in [1.29, 1.82) is 0 Å². The minimum atomic E-state index is -0.841. The number of carbonyl (C=O) groups is 2. The molecular formula is C17H22N2O5. The molecule has 0 aliphatic carbocycles. The van der Waals surface area contributed by atoms with E-state index in [1.54, 1.807) is 23.2 Å². The Morgan fingerprint density at radius 1 is 1.29 bits per heavy atom. The summed E-state index contributed by atoms with van der Waals surface area (Å²) < 4.78 is 6.86. The van der Waals surface area contributed by atoms with Crippen LogP contribution in [-0.4, -0.2) is 52.8 Å². The van der Waals surface area contributed by atoms with Crippen LogP contribution in [0.15, 0.2) is 29.2 Å². The van der Waals surface area contributed by atoms with Gasteiger partial charge in [-0.15, -0.1) is 0 Å². The predicted octanol–water partition coefficient (Wildman–Crippen LogP) is 0.578. The highest BCUT2D eigenvalue weighted by atomic mass is 16.5. The number of hydrogen-bond acceptors (Lipinski definition) is 4. The third-order valence-electron chi connectivity index (χ3n) is 5.25. The van der Waals surface area contributed by atoms with Gasteiger partial charge in [-0.1, -0.05) is 6.07 Å². The lowest BCUT2D eigenvalue weighted by Gasteiger charge is -2.36. The topological polar surface area (TPSA) is 88.8 Å². The molecule has 1 amide bonds. The molecule has 0 aromatic carbocycles. The summed E-state index contributed by atoms with van der Waals surface area (Å²) in [5, 5.41) is 9.55. The smallest absolute Gasteiger partial charge is 0.308 e. The Kier molecular flexibility index (Phi) is 4.71. The van der Waals surface area contributed by atoms with Gasteiger partial charge in [0.05, 0.1) is 5.92 Å². The largest absolute Gasteiger partial charge is 0.481 e. The van der Waals surface area contributed by atoms with Gasteiger partial charge in [-0.2, -0.15) is 0 Å². The van der Waals surface area contributed by atoms with Crippen molar-refractivity contribution in [2.45, 2.75) is 25.8 Å². The molecule has 0 saturated carbocycles. The highest BCUT2D eigenvalue weighted by molar-refractivity contribution is 5.79. The molecule has 2 fully saturated rings. The van der Waals surface area contributed by atoms with E-state index < -0.39 is 11.9 Å². The van der Waals surface area contributed by atoms with E-state index in [-0.39, 0.29) is 29.8 Å². The van der Waals surface area contributed by atoms with E-state index in [9.17, 15) is 19.5 Å². The number of carbonyl (C=O) groups excluding carboxylic acids is 1. The predicted molar refractivity (Wildman–Crippen MR) is 85.5 cm³/mol. The molecule has 7 heteroatoms. The van der Waals surface area contributed by atoms with Crippen LogP contribution in [0.4, 0.5) is 0 Å². The van der Waals surface area contributed by atoms with Crippen LogP contribution < -0.4 is 5.56 Å². The molecule has 24 heavy (non-hydrogen) atoms. The van der Waals surface area contributed by atoms with Gasteiger partial charge in [-0.05, 0) is 18.9 Å². The molecule has 130 valence electrons. The molecule has 7 nitrogen and oxygen atoms in total. The molecule has 1 aromatic heterocycles. The average Bonchev–Trinajstić information content (AvgIpc) is 2.94. The maximum Gasteiger partial charge on any atom is 0.308 e. The molecular weight excluding hydrogens is 312 g/mol. The number of amides is 1. The average molecular weight is 334 g/mol. The maximum atomic E-state index is 12.5. The van der Waals surface area contributed by atoms with E-state index in [0.29, 0.717) is 39.1 Å². The Bertz CT molecular complexity index is 678. The van der Waals surface area contributed by atoms with Crippen molar-refractivity contribution in [3.8, 4) is 0 Å². The molecule has 2 aliphatic rings. The van der Waals surface area contributed by atoms with Crippen LogP contribution >= 0.6 is 0 Å². The van der Waals surface area contributed by atoms with Crippen LogP contribution in [0.3, 0.4) is 0 Å². The van der Waals surface area contributed by atoms with Crippen molar-refractivity contribution < 1.29 is 19.4 Å². The summed E-state index contributed by atoms with van der Waals surface area (Å²) in [5.41, 5.74) is -0.514. The molecule has 3 rings (SSSR count). The standard InChI is InChI=1S/C17H22N2O5/c20-14-3-1-2-7-18(14)8-4-15(21)19-11-13(16(22)23)17(12-19)5-9-24-10-6-17/h1-3,7,13H,4-6,8-12H2,(H,22,23). The van der Waals surface area contributed by atoms with Crippen LogP contribution in [0.2, 0.25) is 0 Å². The number of carboxylic acid groups (broad SMARTS) is 1. The van der Waals surface area contributed by atoms with E-state index in [1.807, 2.05) is 0 Å². The number of likely N-dealkylation sites (tertiary alicyclic amines) is 1.